The Bertz CT molecular complexity index is 3300. The highest BCUT2D eigenvalue weighted by Crippen LogP contribution is 2.49. The minimum atomic E-state index is -3.24. The summed E-state index contributed by atoms with van der Waals surface area (Å²) < 4.78 is 96.6. The van der Waals surface area contributed by atoms with Crippen LogP contribution in [0.3, 0.4) is 0 Å². The second-order valence-electron chi connectivity index (χ2n) is 43.9. The maximum Gasteiger partial charge on any atom is 0.491 e. The Morgan fingerprint density at radius 1 is 0.405 bits per heavy atom. The van der Waals surface area contributed by atoms with Crippen molar-refractivity contribution >= 4 is 35.0 Å². The van der Waals surface area contributed by atoms with E-state index in [1.54, 1.807) is 0 Å². The Kier molecular flexibility index (Phi) is 41.0. The lowest BCUT2D eigenvalue weighted by Gasteiger charge is -2.47. The lowest BCUT2D eigenvalue weighted by atomic mass is 9.78. The molecule has 0 radical (unpaired) electrons. The van der Waals surface area contributed by atoms with E-state index in [0.29, 0.717) is 120 Å². The molecule has 0 aliphatic carbocycles. The lowest BCUT2D eigenvalue weighted by Crippen LogP contribution is -2.58. The fourth-order valence-electron chi connectivity index (χ4n) is 19.4. The van der Waals surface area contributed by atoms with Crippen molar-refractivity contribution in [3.05, 3.63) is 109 Å². The van der Waals surface area contributed by atoms with Gasteiger partial charge in [0.05, 0.1) is 45.7 Å². The zero-order valence-corrected chi connectivity index (χ0v) is 87.9. The molecule has 698 valence electrons. The van der Waals surface area contributed by atoms with Crippen molar-refractivity contribution in [1.82, 2.24) is 0 Å². The summed E-state index contributed by atoms with van der Waals surface area (Å²) in [6.07, 6.45) is 6.78. The molecule has 8 rings (SSSR count). The molecule has 16 nitrogen and oxygen atoms in total. The summed E-state index contributed by atoms with van der Waals surface area (Å²) in [6, 6.07) is 23.0. The molecule has 2 aromatic carbocycles. The molecule has 18 unspecified atom stereocenters. The normalized spacial score (nSPS) is 28.0. The number of fused-ring (bicyclic) bond motifs is 2. The molecule has 0 amide bonds. The third-order valence-electron chi connectivity index (χ3n) is 29.5. The largest absolute Gasteiger partial charge is 0.491 e. The van der Waals surface area contributed by atoms with E-state index in [1.807, 2.05) is 55.4 Å². The van der Waals surface area contributed by atoms with E-state index in [-0.39, 0.29) is 48.8 Å². The highest BCUT2D eigenvalue weighted by molar-refractivity contribution is 6.81. The first kappa shape index (κ1) is 108. The number of hydrogen-bond acceptors (Lipinski definition) is 16. The number of ether oxygens (including phenoxy) is 12. The fourth-order valence-corrected chi connectivity index (χ4v) is 36.0. The summed E-state index contributed by atoms with van der Waals surface area (Å²) in [6.45, 7) is 94.5. The van der Waals surface area contributed by atoms with Crippen LogP contribution in [-0.2, 0) is 95.9 Å². The number of rotatable bonds is 44. The summed E-state index contributed by atoms with van der Waals surface area (Å²) in [5.41, 5.74) is 5.87. The molecular weight excluding hydrogens is 1580 g/mol. The monoisotopic (exact) mass is 1760 g/mol. The first-order chi connectivity index (χ1) is 56.0. The molecule has 6 aliphatic rings. The third-order valence-corrected chi connectivity index (χ3v) is 46.4. The molecule has 6 aliphatic heterocycles. The van der Waals surface area contributed by atoms with Crippen LogP contribution in [0.4, 0.5) is 0 Å². The van der Waals surface area contributed by atoms with Crippen LogP contribution in [0.1, 0.15) is 284 Å². The predicted molar refractivity (Wildman–Crippen MR) is 508 cm³/mol. The van der Waals surface area contributed by atoms with Gasteiger partial charge in [0.15, 0.2) is 53.8 Å². The van der Waals surface area contributed by atoms with E-state index in [0.717, 1.165) is 66.4 Å². The van der Waals surface area contributed by atoms with Crippen molar-refractivity contribution < 1.29 is 74.6 Å². The van der Waals surface area contributed by atoms with E-state index in [9.17, 15) is 4.80 Å². The average Bonchev–Trinajstić information content (AvgIpc) is 1.61. The zero-order chi connectivity index (χ0) is 91.2. The molecule has 6 fully saturated rings. The van der Waals surface area contributed by atoms with E-state index in [4.69, 9.17) is 69.8 Å². The zero-order valence-electron chi connectivity index (χ0n) is 83.6. The summed E-state index contributed by atoms with van der Waals surface area (Å²) in [5.74, 6) is 6.07. The van der Waals surface area contributed by atoms with Crippen molar-refractivity contribution in [2.45, 2.75) is 436 Å². The molecule has 0 spiro atoms. The number of hydrogen-bond donors (Lipinski definition) is 1. The first-order valence-electron chi connectivity index (χ1n) is 47.6. The van der Waals surface area contributed by atoms with E-state index >= 15 is 0 Å². The van der Waals surface area contributed by atoms with Crippen molar-refractivity contribution in [3.8, 4) is 0 Å². The molecule has 0 saturated carbocycles. The van der Waals surface area contributed by atoms with Gasteiger partial charge in [-0.2, -0.15) is 0 Å². The summed E-state index contributed by atoms with van der Waals surface area (Å²) >= 11 is 0. The lowest BCUT2D eigenvalue weighted by molar-refractivity contribution is -0.236. The number of allylic oxidation sites excluding steroid dienone is 3. The summed E-state index contributed by atoms with van der Waals surface area (Å²) in [4.78, 5) is 11.1. The van der Waals surface area contributed by atoms with Gasteiger partial charge >= 0.3 is 8.80 Å². The number of benzene rings is 2. The molecule has 121 heavy (non-hydrogen) atoms. The minimum Gasteiger partial charge on any atom is -0.434 e. The molecule has 26 atom stereocenters. The third kappa shape index (κ3) is 31.3. The quantitative estimate of drug-likeness (QED) is 0.0493. The van der Waals surface area contributed by atoms with Crippen LogP contribution < -0.4 is 0 Å². The van der Waals surface area contributed by atoms with Crippen LogP contribution in [0.2, 0.25) is 52.4 Å². The van der Waals surface area contributed by atoms with Crippen LogP contribution >= 0.6 is 0 Å². The Balaban J connectivity index is 0.000000319. The van der Waals surface area contributed by atoms with Crippen molar-refractivity contribution in [2.24, 2.45) is 82.9 Å². The van der Waals surface area contributed by atoms with Crippen molar-refractivity contribution in [2.75, 3.05) is 13.2 Å². The van der Waals surface area contributed by atoms with E-state index < -0.39 is 81.9 Å². The van der Waals surface area contributed by atoms with Gasteiger partial charge in [-0.15, -0.1) is 19.7 Å². The molecule has 1 N–H and O–H groups in total. The average molecular weight is 1760 g/mol. The minimum absolute atomic E-state index is 0.239. The molecule has 6 heterocycles. The smallest absolute Gasteiger partial charge is 0.434 e. The number of aryl methyl sites for hydroxylation is 2. The Labute approximate surface area is 746 Å². The van der Waals surface area contributed by atoms with Crippen LogP contribution in [0.25, 0.3) is 0 Å². The summed E-state index contributed by atoms with van der Waals surface area (Å²) in [5, 5.41) is 0. The standard InChI is InChI=1S/C50H92O9Si2.C31H46O6Si.C20H44OSi/c1-31(2)33(5)35(7)37(9)39(11)60(38(10)36(8)34(6)32(3)4)59-61(57-47(12,13)14,58-48(15,16)17)28-22-23-40-24-26-41(27-25-40)29-51-44-43(42-30-52-49(18,19)54-42)53-46-45(44)55-50(20,21)56-46;1-8-17-38(18-9-2,19-10-3)20-11-12-23-13-15-24(16-14-23)21-32-27-26(25-22-33-30(4,5)35-25)34-29-28(27)36-31(6,7)37-29;1-12(2)14(5)16(7)18(9)20(11)22(21)19(10)17(8)15(6)13(3)4/h24-27,31-39,42-46,60H,22-23,28-30H2,1-21H3;8-10,13-16,25-29H,1-3,11-12,17-22H2,4-7H3;12-22H,1-11H3/t33?,34?,35?,36?,37?,38?,39?,42?,43-,44+,45-,46-,60?;25?,26-,27+,28-,29-;/m11./s1. The van der Waals surface area contributed by atoms with Gasteiger partial charge in [0.1, 0.15) is 48.8 Å². The predicted octanol–water partition coefficient (Wildman–Crippen LogP) is 24.6. The molecule has 6 saturated heterocycles. The first-order valence-corrected chi connectivity index (χ1v) is 56.0. The van der Waals surface area contributed by atoms with Gasteiger partial charge < -0.3 is 74.6 Å². The Morgan fingerprint density at radius 2 is 0.711 bits per heavy atom. The fraction of sp³-hybridized carbons (Fsp3) is 0.822. The van der Waals surface area contributed by atoms with E-state index in [1.165, 1.54) is 23.6 Å². The second kappa shape index (κ2) is 46.1. The van der Waals surface area contributed by atoms with Gasteiger partial charge in [-0.1, -0.05) is 232 Å². The van der Waals surface area contributed by atoms with Gasteiger partial charge in [0.25, 0.3) is 0 Å². The van der Waals surface area contributed by atoms with Gasteiger partial charge in [0, 0.05) is 6.04 Å². The van der Waals surface area contributed by atoms with Gasteiger partial charge in [-0.25, -0.2) is 0 Å². The van der Waals surface area contributed by atoms with Crippen LogP contribution in [0.5, 0.6) is 0 Å². The van der Waals surface area contributed by atoms with Crippen molar-refractivity contribution in [3.63, 3.8) is 0 Å². The maximum absolute atomic E-state index is 11.1. The second-order valence-corrected chi connectivity index (χ2v) is 58.0. The van der Waals surface area contributed by atoms with Gasteiger partial charge in [-0.3, -0.25) is 0 Å². The van der Waals surface area contributed by atoms with Gasteiger partial charge in [-0.05, 0) is 262 Å². The van der Waals surface area contributed by atoms with Gasteiger partial charge in [0.2, 0.25) is 0 Å². The molecule has 0 aromatic heterocycles. The van der Waals surface area contributed by atoms with Crippen LogP contribution in [0, 0.1) is 82.9 Å². The van der Waals surface area contributed by atoms with E-state index in [2.05, 4.69) is 280 Å². The maximum atomic E-state index is 11.1. The molecule has 20 heteroatoms. The Hall–Kier alpha value is -2.11. The highest BCUT2D eigenvalue weighted by atomic mass is 28.4. The molecule has 2 aromatic rings. The summed E-state index contributed by atoms with van der Waals surface area (Å²) in [7, 11) is -8.43. The Morgan fingerprint density at radius 3 is 1.02 bits per heavy atom. The highest BCUT2D eigenvalue weighted by Gasteiger charge is 2.61. The topological polar surface area (TPSA) is 159 Å². The van der Waals surface area contributed by atoms with Crippen LogP contribution in [-0.4, -0.2) is 149 Å². The van der Waals surface area contributed by atoms with Crippen molar-refractivity contribution in [1.29, 1.82) is 0 Å². The van der Waals surface area contributed by atoms with Crippen LogP contribution in [0.15, 0.2) is 86.5 Å². The molecule has 0 bridgehead atoms. The SMILES string of the molecule is C=CC[Si](CC=C)(CC=C)CCCc1ccc(CO[C@@H]2[C@H]3OC(C)(C)O[C@H]3O[C@@H]2C2COC(C)(C)O2)cc1.CC(C)C(C)C(C)C(C)C(C)[SiH](O)C(C)C(C)C(C)C(C)C.CC(C)C(C)C(C)C(C)C(C)[SiH](O[Si](CCCc1ccc(CO[C@@H]2[C@H]3OC(C)(C)O[C@H]3O[C@@H]2C2COC(C)(C)O2)cc1)(OC(C)(C)C)OC(C)(C)C)C(C)C(C)C(C)C(C)C. The molecular formula is C101H182O16Si4.